The lowest BCUT2D eigenvalue weighted by molar-refractivity contribution is -0.133. The maximum absolute atomic E-state index is 12.1. The van der Waals surface area contributed by atoms with Crippen LogP contribution in [0.4, 0.5) is 0 Å². The number of carbonyl (C=O) groups excluding carboxylic acids is 2. The number of nitrogens with zero attached hydrogens (tertiary/aromatic N) is 1. The highest BCUT2D eigenvalue weighted by Gasteiger charge is 2.40. The lowest BCUT2D eigenvalue weighted by Crippen LogP contribution is -2.40. The monoisotopic (exact) mass is 291 g/mol. The van der Waals surface area contributed by atoms with Gasteiger partial charge in [0.25, 0.3) is 5.91 Å². The van der Waals surface area contributed by atoms with Crippen molar-refractivity contribution in [1.29, 1.82) is 0 Å². The van der Waals surface area contributed by atoms with Gasteiger partial charge in [-0.25, -0.2) is 0 Å². The molecule has 1 atom stereocenters. The van der Waals surface area contributed by atoms with Crippen molar-refractivity contribution in [3.63, 3.8) is 0 Å². The number of carbonyl (C=O) groups is 2. The first-order valence-electron chi connectivity index (χ1n) is 6.94. The van der Waals surface area contributed by atoms with E-state index >= 15 is 0 Å². The maximum Gasteiger partial charge on any atom is 0.260 e. The molecule has 1 heterocycles. The average Bonchev–Trinajstić information content (AvgIpc) is 2.89. The van der Waals surface area contributed by atoms with E-state index in [4.69, 9.17) is 16.2 Å². The van der Waals surface area contributed by atoms with Crippen molar-refractivity contribution in [2.75, 3.05) is 19.7 Å². The highest BCUT2D eigenvalue weighted by Crippen LogP contribution is 2.29. The Morgan fingerprint density at radius 1 is 1.33 bits per heavy atom. The van der Waals surface area contributed by atoms with Gasteiger partial charge in [-0.15, -0.1) is 0 Å². The first-order valence-corrected chi connectivity index (χ1v) is 6.94. The van der Waals surface area contributed by atoms with Crippen LogP contribution in [-0.4, -0.2) is 36.4 Å². The van der Waals surface area contributed by atoms with E-state index in [-0.39, 0.29) is 18.4 Å². The van der Waals surface area contributed by atoms with Gasteiger partial charge < -0.3 is 21.1 Å². The smallest absolute Gasteiger partial charge is 0.260 e. The van der Waals surface area contributed by atoms with Gasteiger partial charge in [-0.05, 0) is 31.0 Å². The zero-order valence-corrected chi connectivity index (χ0v) is 12.2. The van der Waals surface area contributed by atoms with Crippen LogP contribution in [-0.2, 0) is 16.1 Å². The minimum Gasteiger partial charge on any atom is -0.484 e. The molecule has 1 aliphatic rings. The molecular weight excluding hydrogens is 270 g/mol. The fourth-order valence-corrected chi connectivity index (χ4v) is 2.33. The zero-order valence-electron chi connectivity index (χ0n) is 12.2. The number of likely N-dealkylation sites (tertiary alicyclic amines) is 1. The van der Waals surface area contributed by atoms with Gasteiger partial charge in [0.15, 0.2) is 6.61 Å². The summed E-state index contributed by atoms with van der Waals surface area (Å²) in [5, 5.41) is 0. The van der Waals surface area contributed by atoms with E-state index in [9.17, 15) is 9.59 Å². The second-order valence-electron chi connectivity index (χ2n) is 5.63. The third kappa shape index (κ3) is 3.52. The molecule has 1 saturated heterocycles. The van der Waals surface area contributed by atoms with E-state index in [0.29, 0.717) is 31.8 Å². The number of benzene rings is 1. The van der Waals surface area contributed by atoms with Crippen LogP contribution in [0, 0.1) is 5.41 Å². The van der Waals surface area contributed by atoms with Crippen molar-refractivity contribution in [3.8, 4) is 5.75 Å². The number of hydrogen-bond acceptors (Lipinski definition) is 4. The van der Waals surface area contributed by atoms with Crippen molar-refractivity contribution in [2.45, 2.75) is 19.9 Å². The molecule has 0 aromatic heterocycles. The molecule has 0 bridgehead atoms. The molecular formula is C15H21N3O3. The predicted molar refractivity (Wildman–Crippen MR) is 78.3 cm³/mol. The van der Waals surface area contributed by atoms with E-state index in [1.807, 2.05) is 12.1 Å². The molecule has 0 aliphatic carbocycles. The van der Waals surface area contributed by atoms with Gasteiger partial charge in [0.1, 0.15) is 5.75 Å². The summed E-state index contributed by atoms with van der Waals surface area (Å²) in [6.45, 7) is 3.11. The normalized spacial score (nSPS) is 21.3. The average molecular weight is 291 g/mol. The summed E-state index contributed by atoms with van der Waals surface area (Å²) in [5.41, 5.74) is 11.3. The largest absolute Gasteiger partial charge is 0.484 e. The van der Waals surface area contributed by atoms with Gasteiger partial charge in [0.2, 0.25) is 5.91 Å². The fraction of sp³-hybridized carbons (Fsp3) is 0.467. The van der Waals surface area contributed by atoms with Crippen LogP contribution in [0.5, 0.6) is 5.75 Å². The Hall–Kier alpha value is -2.08. The van der Waals surface area contributed by atoms with Crippen LogP contribution in [0.1, 0.15) is 18.9 Å². The summed E-state index contributed by atoms with van der Waals surface area (Å²) < 4.78 is 5.46. The molecule has 4 N–H and O–H groups in total. The molecule has 2 rings (SSSR count). The molecule has 1 aliphatic heterocycles. The molecule has 21 heavy (non-hydrogen) atoms. The molecule has 1 unspecified atom stereocenters. The van der Waals surface area contributed by atoms with Crippen LogP contribution >= 0.6 is 0 Å². The van der Waals surface area contributed by atoms with Crippen molar-refractivity contribution in [2.24, 2.45) is 16.9 Å². The first-order chi connectivity index (χ1) is 9.94. The van der Waals surface area contributed by atoms with Gasteiger partial charge in [0.05, 0.1) is 5.41 Å². The molecule has 0 radical (unpaired) electrons. The number of hydrogen-bond donors (Lipinski definition) is 2. The van der Waals surface area contributed by atoms with Gasteiger partial charge in [-0.2, -0.15) is 0 Å². The quantitative estimate of drug-likeness (QED) is 0.812. The third-order valence-electron chi connectivity index (χ3n) is 3.94. The second kappa shape index (κ2) is 6.13. The third-order valence-corrected chi connectivity index (χ3v) is 3.94. The Labute approximate surface area is 124 Å². The summed E-state index contributed by atoms with van der Waals surface area (Å²) in [7, 11) is 0. The minimum atomic E-state index is -0.627. The van der Waals surface area contributed by atoms with Gasteiger partial charge in [0, 0.05) is 19.6 Å². The molecule has 1 aromatic carbocycles. The Bertz CT molecular complexity index is 529. The highest BCUT2D eigenvalue weighted by molar-refractivity contribution is 5.84. The summed E-state index contributed by atoms with van der Waals surface area (Å²) in [5.74, 6) is 0.122. The van der Waals surface area contributed by atoms with Crippen LogP contribution in [0.25, 0.3) is 0 Å². The SMILES string of the molecule is CC1(C(N)=O)CCN(C(=O)COc2ccc(CN)cc2)C1. The number of nitrogens with two attached hydrogens (primary N) is 2. The fourth-order valence-electron chi connectivity index (χ4n) is 2.33. The molecule has 0 saturated carbocycles. The topological polar surface area (TPSA) is 98.7 Å². The first kappa shape index (κ1) is 15.3. The Kier molecular flexibility index (Phi) is 4.47. The Morgan fingerprint density at radius 3 is 2.52 bits per heavy atom. The van der Waals surface area contributed by atoms with Crippen LogP contribution < -0.4 is 16.2 Å². The van der Waals surface area contributed by atoms with Crippen molar-refractivity contribution in [3.05, 3.63) is 29.8 Å². The predicted octanol–water partition coefficient (Wildman–Crippen LogP) is 0.248. The van der Waals surface area contributed by atoms with Crippen molar-refractivity contribution < 1.29 is 14.3 Å². The Balaban J connectivity index is 1.86. The van der Waals surface area contributed by atoms with E-state index in [0.717, 1.165) is 5.56 Å². The zero-order chi connectivity index (χ0) is 15.5. The number of rotatable bonds is 5. The van der Waals surface area contributed by atoms with Crippen molar-refractivity contribution >= 4 is 11.8 Å². The maximum atomic E-state index is 12.1. The molecule has 114 valence electrons. The minimum absolute atomic E-state index is 0.0448. The van der Waals surface area contributed by atoms with E-state index < -0.39 is 5.41 Å². The standard InChI is InChI=1S/C15H21N3O3/c1-15(14(17)20)6-7-18(10-15)13(19)9-21-12-4-2-11(8-16)3-5-12/h2-5H,6-10,16H2,1H3,(H2,17,20). The Morgan fingerprint density at radius 2 is 2.00 bits per heavy atom. The number of ether oxygens (including phenoxy) is 1. The lowest BCUT2D eigenvalue weighted by Gasteiger charge is -2.21. The molecule has 1 fully saturated rings. The van der Waals surface area contributed by atoms with E-state index in [1.165, 1.54) is 0 Å². The lowest BCUT2D eigenvalue weighted by atomic mass is 9.89. The second-order valence-corrected chi connectivity index (χ2v) is 5.63. The summed E-state index contributed by atoms with van der Waals surface area (Å²) in [6.07, 6.45) is 0.596. The molecule has 6 nitrogen and oxygen atoms in total. The van der Waals surface area contributed by atoms with Gasteiger partial charge >= 0.3 is 0 Å². The molecule has 0 spiro atoms. The summed E-state index contributed by atoms with van der Waals surface area (Å²) in [6, 6.07) is 7.29. The summed E-state index contributed by atoms with van der Waals surface area (Å²) >= 11 is 0. The van der Waals surface area contributed by atoms with Crippen LogP contribution in [0.3, 0.4) is 0 Å². The summed E-state index contributed by atoms with van der Waals surface area (Å²) in [4.78, 5) is 25.1. The number of primary amides is 1. The van der Waals surface area contributed by atoms with Crippen molar-refractivity contribution in [1.82, 2.24) is 4.90 Å². The van der Waals surface area contributed by atoms with E-state index in [1.54, 1.807) is 24.0 Å². The molecule has 6 heteroatoms. The number of amides is 2. The van der Waals surface area contributed by atoms with Gasteiger partial charge in [-0.1, -0.05) is 12.1 Å². The van der Waals surface area contributed by atoms with Crippen LogP contribution in [0.15, 0.2) is 24.3 Å². The molecule has 2 amide bonds. The van der Waals surface area contributed by atoms with Gasteiger partial charge in [-0.3, -0.25) is 9.59 Å². The highest BCUT2D eigenvalue weighted by atomic mass is 16.5. The van der Waals surface area contributed by atoms with Crippen LogP contribution in [0.2, 0.25) is 0 Å². The van der Waals surface area contributed by atoms with E-state index in [2.05, 4.69) is 0 Å². The molecule has 1 aromatic rings.